The molecule has 0 rings (SSSR count). The van der Waals surface area contributed by atoms with Gasteiger partial charge in [0.25, 0.3) is 10.1 Å². The van der Waals surface area contributed by atoms with Gasteiger partial charge in [0.2, 0.25) is 5.25 Å². The number of hydrogen-bond donors (Lipinski definition) is 1. The van der Waals surface area contributed by atoms with Gasteiger partial charge in [-0.25, -0.2) is 0 Å². The number of hydrogen-bond acceptors (Lipinski definition) is 4. The van der Waals surface area contributed by atoms with E-state index in [1.165, 1.54) is 0 Å². The Bertz CT molecular complexity index is 261. The molecule has 11 heavy (non-hydrogen) atoms. The van der Waals surface area contributed by atoms with E-state index in [-0.39, 0.29) is 0 Å². The average Bonchev–Trinajstić information content (AvgIpc) is 1.54. The van der Waals surface area contributed by atoms with Crippen molar-refractivity contribution in [3.05, 3.63) is 0 Å². The zero-order chi connectivity index (χ0) is 9.23. The van der Waals surface area contributed by atoms with Crippen LogP contribution in [0.1, 0.15) is 13.8 Å². The highest BCUT2D eigenvalue weighted by Gasteiger charge is 2.32. The molecule has 0 saturated heterocycles. The number of carbonyl (C=O) groups excluding carboxylic acids is 2. The van der Waals surface area contributed by atoms with Crippen LogP contribution in [0.3, 0.4) is 0 Å². The second-order valence-electron chi connectivity index (χ2n) is 2.12. The quantitative estimate of drug-likeness (QED) is 0.463. The molecule has 0 aliphatic carbocycles. The molecule has 0 aromatic carbocycles. The fourth-order valence-corrected chi connectivity index (χ4v) is 1.54. The molecule has 0 saturated carbocycles. The van der Waals surface area contributed by atoms with Crippen molar-refractivity contribution in [2.45, 2.75) is 19.1 Å². The molecule has 0 aliphatic heterocycles. The van der Waals surface area contributed by atoms with Crippen molar-refractivity contribution in [1.82, 2.24) is 0 Å². The molecule has 0 heterocycles. The third-order valence-electron chi connectivity index (χ3n) is 1.04. The summed E-state index contributed by atoms with van der Waals surface area (Å²) in [7, 11) is -4.56. The van der Waals surface area contributed by atoms with Crippen molar-refractivity contribution < 1.29 is 22.6 Å². The number of carbonyl (C=O) groups is 2. The monoisotopic (exact) mass is 180 g/mol. The van der Waals surface area contributed by atoms with Crippen LogP contribution in [-0.2, 0) is 19.7 Å². The second-order valence-corrected chi connectivity index (χ2v) is 3.62. The van der Waals surface area contributed by atoms with Crippen molar-refractivity contribution in [3.8, 4) is 0 Å². The molecule has 5 nitrogen and oxygen atoms in total. The predicted octanol–water partition coefficient (Wildman–Crippen LogP) is -0.579. The highest BCUT2D eigenvalue weighted by molar-refractivity contribution is 7.88. The first kappa shape index (κ1) is 10.2. The molecule has 0 bridgehead atoms. The van der Waals surface area contributed by atoms with Crippen LogP contribution in [-0.4, -0.2) is 29.8 Å². The molecule has 0 spiro atoms. The summed E-state index contributed by atoms with van der Waals surface area (Å²) in [6, 6.07) is 0. The summed E-state index contributed by atoms with van der Waals surface area (Å²) in [4.78, 5) is 20.9. The van der Waals surface area contributed by atoms with Crippen LogP contribution in [0.25, 0.3) is 0 Å². The average molecular weight is 180 g/mol. The topological polar surface area (TPSA) is 88.5 Å². The summed E-state index contributed by atoms with van der Waals surface area (Å²) >= 11 is 0. The Labute approximate surface area is 64.2 Å². The van der Waals surface area contributed by atoms with Crippen LogP contribution in [0.4, 0.5) is 0 Å². The Hall–Kier alpha value is -0.750. The van der Waals surface area contributed by atoms with Crippen LogP contribution in [0.2, 0.25) is 0 Å². The summed E-state index contributed by atoms with van der Waals surface area (Å²) in [5, 5.41) is -1.91. The van der Waals surface area contributed by atoms with E-state index in [1.807, 2.05) is 0 Å². The van der Waals surface area contributed by atoms with Crippen LogP contribution >= 0.6 is 0 Å². The Morgan fingerprint density at radius 2 is 1.45 bits per heavy atom. The van der Waals surface area contributed by atoms with Crippen LogP contribution in [0, 0.1) is 0 Å². The molecule has 6 heteroatoms. The minimum Gasteiger partial charge on any atom is -0.298 e. The Morgan fingerprint density at radius 3 is 1.45 bits per heavy atom. The van der Waals surface area contributed by atoms with E-state index in [4.69, 9.17) is 4.55 Å². The van der Waals surface area contributed by atoms with E-state index in [1.54, 1.807) is 0 Å². The van der Waals surface area contributed by atoms with Gasteiger partial charge in [0.1, 0.15) is 0 Å². The van der Waals surface area contributed by atoms with E-state index in [0.717, 1.165) is 13.8 Å². The highest BCUT2D eigenvalue weighted by atomic mass is 32.2. The van der Waals surface area contributed by atoms with E-state index in [0.29, 0.717) is 0 Å². The minimum atomic E-state index is -4.56. The summed E-state index contributed by atoms with van der Waals surface area (Å²) < 4.78 is 29.0. The third kappa shape index (κ3) is 2.77. The highest BCUT2D eigenvalue weighted by Crippen LogP contribution is 2.01. The maximum atomic E-state index is 10.5. The van der Waals surface area contributed by atoms with Gasteiger partial charge in [-0.15, -0.1) is 0 Å². The zero-order valence-corrected chi connectivity index (χ0v) is 6.88. The van der Waals surface area contributed by atoms with Gasteiger partial charge < -0.3 is 0 Å². The van der Waals surface area contributed by atoms with Crippen LogP contribution < -0.4 is 0 Å². The molecule has 0 aliphatic rings. The second kappa shape index (κ2) is 3.10. The van der Waals surface area contributed by atoms with E-state index < -0.39 is 26.9 Å². The van der Waals surface area contributed by atoms with Gasteiger partial charge in [-0.1, -0.05) is 0 Å². The van der Waals surface area contributed by atoms with Gasteiger partial charge in [0, 0.05) is 0 Å². The van der Waals surface area contributed by atoms with Gasteiger partial charge in [-0.3, -0.25) is 14.1 Å². The first-order chi connectivity index (χ1) is 4.76. The van der Waals surface area contributed by atoms with Crippen molar-refractivity contribution in [1.29, 1.82) is 0 Å². The van der Waals surface area contributed by atoms with Crippen LogP contribution in [0.5, 0.6) is 0 Å². The number of rotatable bonds is 3. The molecular formula is C5H8O5S. The fraction of sp³-hybridized carbons (Fsp3) is 0.600. The standard InChI is InChI=1S/C5H8O5S/c1-3(6)5(4(2)7)11(8,9)10/h5H,1-2H3,(H,8,9,10). The predicted molar refractivity (Wildman–Crippen MR) is 36.7 cm³/mol. The molecule has 0 amide bonds. The smallest absolute Gasteiger partial charge is 0.282 e. The first-order valence-corrected chi connectivity index (χ1v) is 4.24. The van der Waals surface area contributed by atoms with Crippen molar-refractivity contribution >= 4 is 21.7 Å². The van der Waals surface area contributed by atoms with E-state index >= 15 is 0 Å². The molecule has 0 radical (unpaired) electrons. The summed E-state index contributed by atoms with van der Waals surface area (Å²) in [6.45, 7) is 1.86. The molecule has 0 aromatic heterocycles. The fourth-order valence-electron chi connectivity index (χ4n) is 0.706. The zero-order valence-electron chi connectivity index (χ0n) is 6.07. The minimum absolute atomic E-state index is 0.875. The van der Waals surface area contributed by atoms with Gasteiger partial charge in [-0.2, -0.15) is 8.42 Å². The Kier molecular flexibility index (Phi) is 2.89. The molecule has 64 valence electrons. The summed E-state index contributed by atoms with van der Waals surface area (Å²) in [6.07, 6.45) is 0. The summed E-state index contributed by atoms with van der Waals surface area (Å²) in [5.41, 5.74) is 0. The van der Waals surface area contributed by atoms with E-state index in [2.05, 4.69) is 0 Å². The molecule has 0 unspecified atom stereocenters. The van der Waals surface area contributed by atoms with Gasteiger partial charge in [0.15, 0.2) is 11.6 Å². The lowest BCUT2D eigenvalue weighted by molar-refractivity contribution is -0.124. The molecule has 0 fully saturated rings. The molecule has 0 aromatic rings. The lowest BCUT2D eigenvalue weighted by atomic mass is 10.2. The summed E-state index contributed by atoms with van der Waals surface area (Å²) in [5.74, 6) is -1.75. The first-order valence-electron chi connectivity index (χ1n) is 2.74. The van der Waals surface area contributed by atoms with Crippen molar-refractivity contribution in [2.75, 3.05) is 0 Å². The number of Topliss-reactive ketones (excluding diaryl/α,β-unsaturated/α-hetero) is 2. The van der Waals surface area contributed by atoms with Crippen molar-refractivity contribution in [3.63, 3.8) is 0 Å². The Balaban J connectivity index is 4.94. The molecule has 1 N–H and O–H groups in total. The maximum Gasteiger partial charge on any atom is 0.282 e. The normalized spacial score (nSPS) is 11.6. The number of ketones is 2. The van der Waals surface area contributed by atoms with Crippen LogP contribution in [0.15, 0.2) is 0 Å². The molecular weight excluding hydrogens is 172 g/mol. The lowest BCUT2D eigenvalue weighted by Gasteiger charge is -2.04. The SMILES string of the molecule is CC(=O)C(C(C)=O)S(=O)(=O)O. The molecule has 0 atom stereocenters. The largest absolute Gasteiger partial charge is 0.298 e. The van der Waals surface area contributed by atoms with Gasteiger partial charge in [-0.05, 0) is 13.8 Å². The lowest BCUT2D eigenvalue weighted by Crippen LogP contribution is -2.34. The van der Waals surface area contributed by atoms with E-state index in [9.17, 15) is 18.0 Å². The Morgan fingerprint density at radius 1 is 1.18 bits per heavy atom. The van der Waals surface area contributed by atoms with Crippen molar-refractivity contribution in [2.24, 2.45) is 0 Å². The maximum absolute atomic E-state index is 10.5. The van der Waals surface area contributed by atoms with Gasteiger partial charge in [0.05, 0.1) is 0 Å². The van der Waals surface area contributed by atoms with Gasteiger partial charge >= 0.3 is 0 Å². The third-order valence-corrected chi connectivity index (χ3v) is 2.30.